The molecule has 0 radical (unpaired) electrons. The van der Waals surface area contributed by atoms with Gasteiger partial charge in [-0.15, -0.1) is 0 Å². The van der Waals surface area contributed by atoms with Crippen LogP contribution in [0.3, 0.4) is 0 Å². The van der Waals surface area contributed by atoms with E-state index in [0.29, 0.717) is 10.8 Å². The van der Waals surface area contributed by atoms with Gasteiger partial charge in [0.15, 0.2) is 5.11 Å². The molecule has 2 rings (SSSR count). The van der Waals surface area contributed by atoms with Crippen molar-refractivity contribution < 1.29 is 13.2 Å². The summed E-state index contributed by atoms with van der Waals surface area (Å²) in [5.74, 6) is 0.774. The fourth-order valence-corrected chi connectivity index (χ4v) is 3.18. The van der Waals surface area contributed by atoms with Crippen LogP contribution in [0.5, 0.6) is 5.75 Å². The second-order valence-electron chi connectivity index (χ2n) is 5.80. The molecule has 0 aliphatic carbocycles. The van der Waals surface area contributed by atoms with Crippen LogP contribution in [0.4, 0.5) is 5.69 Å². The molecule has 0 atom stereocenters. The van der Waals surface area contributed by atoms with Crippen LogP contribution in [0.2, 0.25) is 0 Å². The number of sulfonamides is 1. The first-order valence-electron chi connectivity index (χ1n) is 8.02. The van der Waals surface area contributed by atoms with Crippen LogP contribution >= 0.6 is 12.2 Å². The van der Waals surface area contributed by atoms with E-state index in [4.69, 9.17) is 17.0 Å². The summed E-state index contributed by atoms with van der Waals surface area (Å²) in [6.45, 7) is 1.86. The first kappa shape index (κ1) is 20.8. The molecule has 0 fully saturated rings. The van der Waals surface area contributed by atoms with Gasteiger partial charge in [0.1, 0.15) is 5.75 Å². The summed E-state index contributed by atoms with van der Waals surface area (Å²) < 4.78 is 30.4. The lowest BCUT2D eigenvalue weighted by Crippen LogP contribution is -2.25. The van der Waals surface area contributed by atoms with Gasteiger partial charge in [-0.05, 0) is 73.2 Å². The van der Waals surface area contributed by atoms with Crippen molar-refractivity contribution in [2.75, 3.05) is 26.5 Å². The normalized spacial score (nSPS) is 12.0. The van der Waals surface area contributed by atoms with Gasteiger partial charge in [0, 0.05) is 19.8 Å². The summed E-state index contributed by atoms with van der Waals surface area (Å²) in [6, 6.07) is 13.8. The Hall–Kier alpha value is -2.49. The molecule has 2 N–H and O–H groups in total. The average Bonchev–Trinajstić information content (AvgIpc) is 2.66. The Labute approximate surface area is 165 Å². The van der Waals surface area contributed by atoms with Gasteiger partial charge in [0.05, 0.1) is 17.7 Å². The number of nitrogens with zero attached hydrogens (tertiary/aromatic N) is 2. The topological polar surface area (TPSA) is 83.0 Å². The Morgan fingerprint density at radius 1 is 1.07 bits per heavy atom. The molecular weight excluding hydrogens is 384 g/mol. The maximum atomic E-state index is 12.1. The number of anilines is 1. The highest BCUT2D eigenvalue weighted by atomic mass is 32.2. The van der Waals surface area contributed by atoms with E-state index in [2.05, 4.69) is 15.8 Å². The lowest BCUT2D eigenvalue weighted by molar-refractivity contribution is 0.415. The summed E-state index contributed by atoms with van der Waals surface area (Å²) in [5.41, 5.74) is 5.12. The Morgan fingerprint density at radius 3 is 2.19 bits per heavy atom. The first-order valence-corrected chi connectivity index (χ1v) is 9.87. The van der Waals surface area contributed by atoms with E-state index in [1.807, 2.05) is 31.2 Å². The van der Waals surface area contributed by atoms with Gasteiger partial charge in [-0.2, -0.15) is 5.10 Å². The third kappa shape index (κ3) is 5.49. The molecule has 0 aliphatic heterocycles. The highest BCUT2D eigenvalue weighted by Gasteiger charge is 2.16. The summed E-state index contributed by atoms with van der Waals surface area (Å²) in [5, 5.41) is 7.50. The lowest BCUT2D eigenvalue weighted by atomic mass is 10.1. The third-order valence-electron chi connectivity index (χ3n) is 3.72. The standard InChI is InChI=1S/C18H22N4O3S2/c1-13(14-5-9-16(25-4)10-6-14)20-21-18(26)19-15-7-11-17(12-8-15)27(23,24)22(2)3/h5-12H,1-4H3,(H2,19,21,26)/b20-13-. The minimum atomic E-state index is -3.45. The maximum absolute atomic E-state index is 12.1. The van der Waals surface area contributed by atoms with Crippen molar-refractivity contribution in [2.45, 2.75) is 11.8 Å². The van der Waals surface area contributed by atoms with Crippen molar-refractivity contribution in [1.82, 2.24) is 9.73 Å². The van der Waals surface area contributed by atoms with Gasteiger partial charge in [-0.25, -0.2) is 12.7 Å². The Kier molecular flexibility index (Phi) is 6.89. The molecule has 0 saturated carbocycles. The molecule has 7 nitrogen and oxygen atoms in total. The van der Waals surface area contributed by atoms with Gasteiger partial charge in [-0.1, -0.05) is 0 Å². The largest absolute Gasteiger partial charge is 0.497 e. The van der Waals surface area contributed by atoms with Crippen LogP contribution < -0.4 is 15.5 Å². The van der Waals surface area contributed by atoms with E-state index in [1.165, 1.54) is 26.2 Å². The number of rotatable bonds is 6. The Bertz CT molecular complexity index is 922. The molecule has 0 spiro atoms. The molecule has 2 aromatic carbocycles. The number of thiocarbonyl (C=S) groups is 1. The molecule has 0 amide bonds. The minimum Gasteiger partial charge on any atom is -0.497 e. The molecule has 144 valence electrons. The number of hydrazone groups is 1. The van der Waals surface area contributed by atoms with E-state index < -0.39 is 10.0 Å². The molecule has 0 aliphatic rings. The molecule has 27 heavy (non-hydrogen) atoms. The first-order chi connectivity index (χ1) is 12.7. The van der Waals surface area contributed by atoms with Gasteiger partial charge in [0.25, 0.3) is 0 Å². The van der Waals surface area contributed by atoms with E-state index in [1.54, 1.807) is 19.2 Å². The smallest absolute Gasteiger partial charge is 0.242 e. The van der Waals surface area contributed by atoms with Crippen LogP contribution in [-0.2, 0) is 10.0 Å². The van der Waals surface area contributed by atoms with Crippen LogP contribution in [0.1, 0.15) is 12.5 Å². The second kappa shape index (κ2) is 8.94. The van der Waals surface area contributed by atoms with Crippen LogP contribution in [-0.4, -0.2) is 44.8 Å². The van der Waals surface area contributed by atoms with Gasteiger partial charge >= 0.3 is 0 Å². The number of ether oxygens (including phenoxy) is 1. The summed E-state index contributed by atoms with van der Waals surface area (Å²) in [4.78, 5) is 0.213. The van der Waals surface area contributed by atoms with Gasteiger partial charge < -0.3 is 10.1 Å². The van der Waals surface area contributed by atoms with Crippen LogP contribution in [0.15, 0.2) is 58.5 Å². The van der Waals surface area contributed by atoms with Crippen molar-refractivity contribution in [3.8, 4) is 5.75 Å². The van der Waals surface area contributed by atoms with E-state index in [9.17, 15) is 8.42 Å². The third-order valence-corrected chi connectivity index (χ3v) is 5.75. The minimum absolute atomic E-state index is 0.213. The van der Waals surface area contributed by atoms with E-state index in [-0.39, 0.29) is 4.90 Å². The van der Waals surface area contributed by atoms with Crippen molar-refractivity contribution in [3.05, 3.63) is 54.1 Å². The monoisotopic (exact) mass is 406 g/mol. The fourth-order valence-electron chi connectivity index (χ4n) is 2.11. The van der Waals surface area contributed by atoms with Crippen LogP contribution in [0, 0.1) is 0 Å². The van der Waals surface area contributed by atoms with Crippen LogP contribution in [0.25, 0.3) is 0 Å². The summed E-state index contributed by atoms with van der Waals surface area (Å²) in [6.07, 6.45) is 0. The predicted molar refractivity (Wildman–Crippen MR) is 112 cm³/mol. The summed E-state index contributed by atoms with van der Waals surface area (Å²) >= 11 is 5.22. The Balaban J connectivity index is 1.98. The molecule has 0 bridgehead atoms. The molecule has 0 saturated heterocycles. The van der Waals surface area contributed by atoms with Crippen molar-refractivity contribution in [2.24, 2.45) is 5.10 Å². The zero-order chi connectivity index (χ0) is 20.0. The number of benzene rings is 2. The fraction of sp³-hybridized carbons (Fsp3) is 0.222. The second-order valence-corrected chi connectivity index (χ2v) is 8.36. The molecule has 0 unspecified atom stereocenters. The highest BCUT2D eigenvalue weighted by Crippen LogP contribution is 2.16. The van der Waals surface area contributed by atoms with Gasteiger partial charge in [-0.3, -0.25) is 5.43 Å². The SMILES string of the molecule is COc1ccc(/C(C)=N\NC(=S)Nc2ccc(S(=O)(=O)N(C)C)cc2)cc1. The average molecular weight is 407 g/mol. The number of hydrogen-bond acceptors (Lipinski definition) is 5. The molecule has 0 heterocycles. The quantitative estimate of drug-likeness (QED) is 0.436. The van der Waals surface area contributed by atoms with Crippen molar-refractivity contribution in [1.29, 1.82) is 0 Å². The molecule has 9 heteroatoms. The number of nitrogens with one attached hydrogen (secondary N) is 2. The van der Waals surface area contributed by atoms with E-state index >= 15 is 0 Å². The highest BCUT2D eigenvalue weighted by molar-refractivity contribution is 7.89. The predicted octanol–water partition coefficient (Wildman–Crippen LogP) is 2.66. The van der Waals surface area contributed by atoms with Crippen molar-refractivity contribution in [3.63, 3.8) is 0 Å². The maximum Gasteiger partial charge on any atom is 0.242 e. The number of hydrogen-bond donors (Lipinski definition) is 2. The zero-order valence-electron chi connectivity index (χ0n) is 15.6. The molecule has 2 aromatic rings. The van der Waals surface area contributed by atoms with Gasteiger partial charge in [0.2, 0.25) is 10.0 Å². The van der Waals surface area contributed by atoms with Crippen molar-refractivity contribution >= 4 is 38.8 Å². The lowest BCUT2D eigenvalue weighted by Gasteiger charge is -2.12. The zero-order valence-corrected chi connectivity index (χ0v) is 17.2. The summed E-state index contributed by atoms with van der Waals surface area (Å²) in [7, 11) is 1.14. The Morgan fingerprint density at radius 2 is 1.67 bits per heavy atom. The molecular formula is C18H22N4O3S2. The number of methoxy groups -OCH3 is 1. The molecule has 0 aromatic heterocycles. The van der Waals surface area contributed by atoms with E-state index in [0.717, 1.165) is 21.3 Å².